The normalized spacial score (nSPS) is 33.8. The number of halogens is 8. The van der Waals surface area contributed by atoms with E-state index < -0.39 is 244 Å². The molecule has 12 N–H and O–H groups in total. The van der Waals surface area contributed by atoms with E-state index in [9.17, 15) is 115 Å². The van der Waals surface area contributed by atoms with Crippen molar-refractivity contribution in [3.63, 3.8) is 0 Å². The number of H-pyrrole nitrogens is 4. The molecule has 4 unspecified atom stereocenters. The Labute approximate surface area is 733 Å². The van der Waals surface area contributed by atoms with E-state index in [-0.39, 0.29) is 93.9 Å². The van der Waals surface area contributed by atoms with Gasteiger partial charge in [-0.15, -0.1) is 0 Å². The molecule has 4 saturated heterocycles. The summed E-state index contributed by atoms with van der Waals surface area (Å²) in [7, 11) is -18.7. The zero-order valence-corrected chi connectivity index (χ0v) is 69.6. The van der Waals surface area contributed by atoms with Crippen molar-refractivity contribution in [2.75, 3.05) is 26.3 Å². The zero-order chi connectivity index (χ0) is 98.5. The molecule has 8 aromatic rings. The van der Waals surface area contributed by atoms with Gasteiger partial charge in [-0.05, 0) is 122 Å². The fourth-order valence-corrected chi connectivity index (χ4v) is 17.5. The van der Waals surface area contributed by atoms with Crippen LogP contribution >= 0.6 is 80.2 Å². The molecule has 20 atom stereocenters. The molecule has 688 valence electrons. The van der Waals surface area contributed by atoms with E-state index in [4.69, 9.17) is 121 Å². The number of carbonyl (C=O) groups is 4. The number of aliphatic hydroxyl groups excluding tert-OH is 8. The van der Waals surface area contributed by atoms with Crippen LogP contribution in [0.2, 0.25) is 0 Å². The van der Waals surface area contributed by atoms with E-state index in [1.807, 2.05) is 4.98 Å². The number of ether oxygens (including phenoxy) is 4. The highest BCUT2D eigenvalue weighted by Gasteiger charge is 2.62. The van der Waals surface area contributed by atoms with E-state index >= 15 is 17.6 Å². The number of fused-ring (bicyclic) bond motifs is 4. The minimum Gasteiger partial charge on any atom is -0.404 e. The van der Waals surface area contributed by atoms with Gasteiger partial charge in [0.25, 0.3) is 45.7 Å². The highest BCUT2D eigenvalue weighted by Crippen LogP contribution is 2.60. The molecule has 8 aliphatic rings. The Bertz CT molecular complexity index is 6810. The molecule has 0 aliphatic carbocycles. The number of alkyl halides is 4. The summed E-state index contributed by atoms with van der Waals surface area (Å²) in [5.41, 5.74) is -4.91. The van der Waals surface area contributed by atoms with Gasteiger partial charge in [0, 0.05) is 47.0 Å². The average molecular weight is 1980 g/mol. The van der Waals surface area contributed by atoms with E-state index in [0.29, 0.717) is 19.9 Å². The monoisotopic (exact) mass is 1970 g/mol. The van der Waals surface area contributed by atoms with Crippen LogP contribution in [-0.4, -0.2) is 203 Å². The van der Waals surface area contributed by atoms with E-state index in [2.05, 4.69) is 24.0 Å². The second kappa shape index (κ2) is 37.5. The van der Waals surface area contributed by atoms with Crippen molar-refractivity contribution >= 4 is 105 Å². The number of hydrogen-bond donors (Lipinski definition) is 12. The van der Waals surface area contributed by atoms with Gasteiger partial charge in [-0.3, -0.25) is 113 Å². The highest BCUT2D eigenvalue weighted by molar-refractivity contribution is 7.71. The summed E-state index contributed by atoms with van der Waals surface area (Å²) in [5, 5.41) is 82.4. The lowest BCUT2D eigenvalue weighted by molar-refractivity contribution is -0.205. The Kier molecular flexibility index (Phi) is 25.8. The molecule has 0 saturated carbocycles. The van der Waals surface area contributed by atoms with Crippen LogP contribution in [0.3, 0.4) is 0 Å². The van der Waals surface area contributed by atoms with E-state index in [1.54, 1.807) is 0 Å². The number of rotatable bonds is 20. The molecule has 0 amide bonds. The highest BCUT2D eigenvalue weighted by atomic mass is 32.1. The number of phosphoric acid groups is 4. The lowest BCUT2D eigenvalue weighted by atomic mass is 10.1. The van der Waals surface area contributed by atoms with Crippen molar-refractivity contribution in [3.05, 3.63) is 226 Å². The molecule has 0 bridgehead atoms. The fourth-order valence-electron chi connectivity index (χ4n) is 11.9. The van der Waals surface area contributed by atoms with Gasteiger partial charge in [0.1, 0.15) is 121 Å². The third-order valence-electron chi connectivity index (χ3n) is 18.5. The number of aliphatic hydroxyl groups is 8. The van der Waals surface area contributed by atoms with Crippen LogP contribution in [0, 0.1) is 42.4 Å². The van der Waals surface area contributed by atoms with Gasteiger partial charge < -0.3 is 77.9 Å². The van der Waals surface area contributed by atoms with Gasteiger partial charge in [-0.2, -0.15) is 0 Å². The van der Waals surface area contributed by atoms with Gasteiger partial charge in [0.15, 0.2) is 69.1 Å². The molecule has 44 nitrogen and oxygen atoms in total. The van der Waals surface area contributed by atoms with Crippen LogP contribution in [0.4, 0.5) is 35.1 Å². The fraction of sp³-hybridized carbons (Fsp3) is 0.353. The lowest BCUT2D eigenvalue weighted by Crippen LogP contribution is -2.43. The summed E-state index contributed by atoms with van der Waals surface area (Å²) in [6.07, 6.45) is -25.1. The summed E-state index contributed by atoms with van der Waals surface area (Å²) in [5.74, 6) is -17.3. The van der Waals surface area contributed by atoms with Crippen molar-refractivity contribution in [3.8, 4) is 23.0 Å². The van der Waals surface area contributed by atoms with Crippen molar-refractivity contribution in [2.24, 2.45) is 0 Å². The number of aromatic nitrogens is 8. The summed E-state index contributed by atoms with van der Waals surface area (Å²) >= 11 is 19.6. The topological polar surface area (TPSA) is 597 Å². The lowest BCUT2D eigenvalue weighted by Gasteiger charge is -2.28. The quantitative estimate of drug-likeness (QED) is 0.0179. The number of nitrogens with one attached hydrogen (secondary N) is 4. The first-order valence-electron chi connectivity index (χ1n) is 38.2. The Morgan fingerprint density at radius 2 is 0.641 bits per heavy atom. The number of nitrogens with zero attached hydrogens (tertiary/aromatic N) is 4. The van der Waals surface area contributed by atoms with Gasteiger partial charge >= 0.3 is 31.3 Å². The first-order chi connectivity index (χ1) is 62.4. The maximum Gasteiger partial charge on any atom is 0.530 e. The Morgan fingerprint density at radius 3 is 0.953 bits per heavy atom. The molecule has 0 spiro atoms. The van der Waals surface area contributed by atoms with Crippen molar-refractivity contribution < 1.29 is 195 Å². The van der Waals surface area contributed by atoms with Crippen molar-refractivity contribution in [2.45, 2.75) is 124 Å². The standard InChI is InChI=1S/4C17H15F2N2O9PS/c4*18-10-1-2-11-8(3-10)6-27-31(26,30-11)28-7-17(19)13(24)12(23)15(29-17)21-4-9(5-22)14(25)20-16(21)32/h4*1-5,12-13,15,23-24H,6-7H2,(H,20,25,32)/t4*12-,13+,15-,17-,31?/m1111/s1/i7D2,15D;15D;7D2;. The molecule has 8 aliphatic heterocycles. The molecule has 128 heavy (non-hydrogen) atoms. The van der Waals surface area contributed by atoms with E-state index in [1.165, 1.54) is 6.07 Å². The van der Waals surface area contributed by atoms with Gasteiger partial charge in [-0.25, -0.2) is 53.4 Å². The number of phosphoric ester groups is 4. The van der Waals surface area contributed by atoms with Crippen LogP contribution in [0.25, 0.3) is 0 Å². The zero-order valence-electron chi connectivity index (χ0n) is 68.8. The van der Waals surface area contributed by atoms with E-state index in [0.717, 1.165) is 89.9 Å². The minimum absolute atomic E-state index is 0.000582. The predicted molar refractivity (Wildman–Crippen MR) is 410 cm³/mol. The minimum atomic E-state index is -4.96. The summed E-state index contributed by atoms with van der Waals surface area (Å²) in [4.78, 5) is 99.2. The molecular weight excluding hydrogens is 1910 g/mol. The molecule has 4 aromatic heterocycles. The summed E-state index contributed by atoms with van der Waals surface area (Å²) in [6.45, 7) is -12.1. The Morgan fingerprint density at radius 1 is 0.398 bits per heavy atom. The van der Waals surface area contributed by atoms with Crippen LogP contribution in [-0.2, 0) is 99.8 Å². The average Bonchev–Trinajstić information content (AvgIpc) is 1.56. The molecule has 12 heterocycles. The predicted octanol–water partition coefficient (Wildman–Crippen LogP) is 6.03. The molecule has 0 radical (unpaired) electrons. The third kappa shape index (κ3) is 20.1. The SMILES string of the molecule is O=Cc1cn([C@@H]2O[C@](F)(COP3(=O)OCc4cc(F)ccc4O3)[C@@H](O)[C@H]2O)c(=S)[nH]c1=O.[2H]C([2H])(OP1(=O)OCc2cc(F)ccc2O1)[C@@]1(F)O[C@@H](n2cc(C=O)c(=O)[nH]c2=S)[C@H](O)[C@@H]1O.[2H]C([2H])(OP1(=O)OCc2cc(F)ccc2O1)[C@@]1(F)O[C@@]([2H])(n2cc(C=O)c(=O)[nH]c2=S)[C@H](O)[C@@H]1O.[2H][C@@]1(n2cc(C=O)c(=O)[nH]c2=S)O[C@](F)(COP2(=O)OCc3cc(F)ccc3O2)[C@@H](O)[C@H]1O. The molecule has 4 fully saturated rings. The Balaban J connectivity index is 0.000000152. The maximum absolute atomic E-state index is 15.9. The largest absolute Gasteiger partial charge is 0.530 e. The molecular formula is C68H60F8N8O36P4S4. The van der Waals surface area contributed by atoms with Crippen molar-refractivity contribution in [1.29, 1.82) is 0 Å². The third-order valence-corrected chi connectivity index (χ3v) is 24.7. The van der Waals surface area contributed by atoms with Crippen LogP contribution in [0.15, 0.2) is 117 Å². The molecule has 16 rings (SSSR count). The first kappa shape index (κ1) is 88.0. The van der Waals surface area contributed by atoms with Gasteiger partial charge in [0.05, 0.1) is 56.9 Å². The smallest absolute Gasteiger partial charge is 0.404 e. The summed E-state index contributed by atoms with van der Waals surface area (Å²) < 4.78 is 294. The van der Waals surface area contributed by atoms with Crippen molar-refractivity contribution in [1.82, 2.24) is 38.2 Å². The van der Waals surface area contributed by atoms with Gasteiger partial charge in [0.2, 0.25) is 0 Å². The van der Waals surface area contributed by atoms with Gasteiger partial charge in [-0.1, -0.05) is 0 Å². The molecule has 4 aromatic carbocycles. The van der Waals surface area contributed by atoms with Crippen LogP contribution in [0.5, 0.6) is 23.0 Å². The summed E-state index contributed by atoms with van der Waals surface area (Å²) in [6, 6.07) is 12.6. The number of hydrogen-bond acceptors (Lipinski definition) is 40. The van der Waals surface area contributed by atoms with Crippen LogP contribution < -0.4 is 40.3 Å². The van der Waals surface area contributed by atoms with Crippen LogP contribution in [0.1, 0.15) is 96.8 Å². The molecule has 60 heteroatoms. The number of aldehydes is 4. The number of carbonyl (C=O) groups excluding carboxylic acids is 4. The maximum atomic E-state index is 15.9. The second-order valence-electron chi connectivity index (χ2n) is 27.0. The Hall–Kier alpha value is -9.28. The number of benzene rings is 4. The second-order valence-corrected chi connectivity index (χ2v) is 34.8. The number of aromatic amines is 4. The first-order valence-corrected chi connectivity index (χ1v) is 42.7.